The number of nitrogens with zero attached hydrogens (tertiary/aromatic N) is 2. The fourth-order valence-electron chi connectivity index (χ4n) is 5.65. The van der Waals surface area contributed by atoms with Crippen molar-refractivity contribution in [2.24, 2.45) is 23.7 Å². The molecule has 3 aliphatic rings. The van der Waals surface area contributed by atoms with Gasteiger partial charge in [0.05, 0.1) is 30.6 Å². The molecule has 1 aliphatic carbocycles. The van der Waals surface area contributed by atoms with E-state index in [4.69, 9.17) is 9.47 Å². The molecule has 1 saturated carbocycles. The lowest BCUT2D eigenvalue weighted by Gasteiger charge is -2.25. The fourth-order valence-corrected chi connectivity index (χ4v) is 5.65. The van der Waals surface area contributed by atoms with Crippen LogP contribution in [0, 0.1) is 30.6 Å². The number of rotatable bonds is 5. The summed E-state index contributed by atoms with van der Waals surface area (Å²) in [5.74, 6) is -0.519. The second-order valence-corrected chi connectivity index (χ2v) is 10.1. The Morgan fingerprint density at radius 3 is 2.33 bits per heavy atom. The van der Waals surface area contributed by atoms with Crippen molar-refractivity contribution in [2.75, 3.05) is 23.5 Å². The second kappa shape index (κ2) is 9.41. The number of ether oxygens (including phenoxy) is 2. The van der Waals surface area contributed by atoms with Gasteiger partial charge in [-0.1, -0.05) is 6.92 Å². The van der Waals surface area contributed by atoms with Gasteiger partial charge in [0.25, 0.3) is 0 Å². The molecule has 188 valence electrons. The Labute approximate surface area is 210 Å². The quantitative estimate of drug-likeness (QED) is 0.359. The van der Waals surface area contributed by atoms with Gasteiger partial charge in [0.2, 0.25) is 17.7 Å². The molecular formula is C28H30N2O6. The molecule has 2 heterocycles. The number of fused-ring (bicyclic) bond motifs is 1. The Morgan fingerprint density at radius 1 is 0.944 bits per heavy atom. The molecule has 3 fully saturated rings. The number of hydrogen-bond acceptors (Lipinski definition) is 6. The maximum atomic E-state index is 13.1. The van der Waals surface area contributed by atoms with E-state index in [-0.39, 0.29) is 42.5 Å². The molecule has 0 spiro atoms. The van der Waals surface area contributed by atoms with E-state index in [0.717, 1.165) is 19.3 Å². The largest absolute Gasteiger partial charge is 0.497 e. The Balaban J connectivity index is 1.26. The monoisotopic (exact) mass is 490 g/mol. The highest BCUT2D eigenvalue weighted by Gasteiger charge is 2.50. The minimum Gasteiger partial charge on any atom is -0.497 e. The normalized spacial score (nSPS) is 25.8. The van der Waals surface area contributed by atoms with Crippen LogP contribution in [0.1, 0.15) is 38.2 Å². The van der Waals surface area contributed by atoms with Crippen molar-refractivity contribution in [3.8, 4) is 11.5 Å². The molecule has 0 bridgehead atoms. The van der Waals surface area contributed by atoms with E-state index < -0.39 is 11.9 Å². The summed E-state index contributed by atoms with van der Waals surface area (Å²) in [6, 6.07) is 12.0. The average molecular weight is 491 g/mol. The van der Waals surface area contributed by atoms with Gasteiger partial charge in [-0.05, 0) is 80.1 Å². The van der Waals surface area contributed by atoms with Crippen LogP contribution in [0.5, 0.6) is 11.5 Å². The number of benzene rings is 2. The van der Waals surface area contributed by atoms with E-state index in [2.05, 4.69) is 6.92 Å². The van der Waals surface area contributed by atoms with Crippen molar-refractivity contribution < 1.29 is 28.7 Å². The predicted octanol–water partition coefficient (Wildman–Crippen LogP) is 3.89. The topological polar surface area (TPSA) is 93.2 Å². The first-order chi connectivity index (χ1) is 17.3. The van der Waals surface area contributed by atoms with E-state index in [1.54, 1.807) is 61.4 Å². The van der Waals surface area contributed by atoms with Gasteiger partial charge in [-0.2, -0.15) is 0 Å². The summed E-state index contributed by atoms with van der Waals surface area (Å²) in [5.41, 5.74) is 1.91. The maximum Gasteiger partial charge on any atom is 0.316 e. The van der Waals surface area contributed by atoms with Crippen LogP contribution < -0.4 is 19.3 Å². The highest BCUT2D eigenvalue weighted by molar-refractivity contribution is 6.22. The molecule has 2 aromatic carbocycles. The standard InChI is InChI=1S/C28H30N2O6/c1-16-4-10-22-23(12-16)27(33)30(26(22)32)24-11-9-21(13-17(24)2)36-28(34)18-14-25(31)29(15-18)19-5-7-20(35-3)8-6-19/h5-9,11,13,16,18,22-23H,4,10,12,14-15H2,1-3H3/t16-,18-,22-,23+/m1/s1. The van der Waals surface area contributed by atoms with E-state index in [1.807, 2.05) is 0 Å². The highest BCUT2D eigenvalue weighted by Crippen LogP contribution is 2.43. The average Bonchev–Trinajstić information content (AvgIpc) is 3.37. The summed E-state index contributed by atoms with van der Waals surface area (Å²) >= 11 is 0. The van der Waals surface area contributed by atoms with Crippen molar-refractivity contribution in [1.29, 1.82) is 0 Å². The van der Waals surface area contributed by atoms with Gasteiger partial charge in [0, 0.05) is 18.7 Å². The Morgan fingerprint density at radius 2 is 1.64 bits per heavy atom. The van der Waals surface area contributed by atoms with Crippen molar-refractivity contribution in [2.45, 2.75) is 39.5 Å². The number of anilines is 2. The number of aryl methyl sites for hydroxylation is 1. The minimum atomic E-state index is -0.591. The number of imide groups is 1. The minimum absolute atomic E-state index is 0.0694. The van der Waals surface area contributed by atoms with Crippen LogP contribution in [-0.2, 0) is 19.2 Å². The molecule has 36 heavy (non-hydrogen) atoms. The zero-order valence-electron chi connectivity index (χ0n) is 20.7. The number of esters is 1. The van der Waals surface area contributed by atoms with Gasteiger partial charge in [0.15, 0.2) is 0 Å². The molecule has 4 atom stereocenters. The third-order valence-corrected chi connectivity index (χ3v) is 7.66. The van der Waals surface area contributed by atoms with Crippen LogP contribution in [0.4, 0.5) is 11.4 Å². The lowest BCUT2D eigenvalue weighted by atomic mass is 9.76. The molecule has 0 radical (unpaired) electrons. The third-order valence-electron chi connectivity index (χ3n) is 7.66. The van der Waals surface area contributed by atoms with Gasteiger partial charge in [-0.3, -0.25) is 19.2 Å². The Kier molecular flexibility index (Phi) is 6.28. The molecule has 2 saturated heterocycles. The van der Waals surface area contributed by atoms with E-state index in [1.165, 1.54) is 4.90 Å². The number of carbonyl (C=O) groups excluding carboxylic acids is 4. The molecule has 0 unspecified atom stereocenters. The molecule has 0 N–H and O–H groups in total. The SMILES string of the molecule is COc1ccc(N2C[C@H](C(=O)Oc3ccc(N4C(=O)[C@H]5C[C@H](C)CC[C@H]5C4=O)c(C)c3)CC2=O)cc1. The van der Waals surface area contributed by atoms with Gasteiger partial charge in [-0.15, -0.1) is 0 Å². The zero-order valence-corrected chi connectivity index (χ0v) is 20.7. The van der Waals surface area contributed by atoms with Gasteiger partial charge < -0.3 is 14.4 Å². The molecule has 8 heteroatoms. The van der Waals surface area contributed by atoms with Crippen molar-refractivity contribution in [1.82, 2.24) is 0 Å². The summed E-state index contributed by atoms with van der Waals surface area (Å²) in [5, 5.41) is 0. The number of methoxy groups -OCH3 is 1. The Hall–Kier alpha value is -3.68. The van der Waals surface area contributed by atoms with Crippen LogP contribution in [0.2, 0.25) is 0 Å². The van der Waals surface area contributed by atoms with E-state index in [0.29, 0.717) is 34.4 Å². The number of carbonyl (C=O) groups is 4. The predicted molar refractivity (Wildman–Crippen MR) is 133 cm³/mol. The summed E-state index contributed by atoms with van der Waals surface area (Å²) < 4.78 is 10.8. The smallest absolute Gasteiger partial charge is 0.316 e. The van der Waals surface area contributed by atoms with Crippen LogP contribution >= 0.6 is 0 Å². The summed E-state index contributed by atoms with van der Waals surface area (Å²) in [7, 11) is 1.57. The molecule has 5 rings (SSSR count). The molecule has 3 amide bonds. The molecule has 2 aliphatic heterocycles. The second-order valence-electron chi connectivity index (χ2n) is 10.1. The van der Waals surface area contributed by atoms with Crippen molar-refractivity contribution in [3.05, 3.63) is 48.0 Å². The molecular weight excluding hydrogens is 460 g/mol. The molecule has 8 nitrogen and oxygen atoms in total. The maximum absolute atomic E-state index is 13.1. The fraction of sp³-hybridized carbons (Fsp3) is 0.429. The van der Waals surface area contributed by atoms with Crippen LogP contribution in [0.25, 0.3) is 0 Å². The number of amides is 3. The van der Waals surface area contributed by atoms with Crippen LogP contribution in [0.3, 0.4) is 0 Å². The third kappa shape index (κ3) is 4.25. The lowest BCUT2D eigenvalue weighted by Crippen LogP contribution is -2.31. The Bertz CT molecular complexity index is 1220. The summed E-state index contributed by atoms with van der Waals surface area (Å²) in [6.07, 6.45) is 2.52. The zero-order chi connectivity index (χ0) is 25.6. The van der Waals surface area contributed by atoms with Crippen LogP contribution in [-0.4, -0.2) is 37.3 Å². The highest BCUT2D eigenvalue weighted by atomic mass is 16.5. The van der Waals surface area contributed by atoms with Gasteiger partial charge >= 0.3 is 5.97 Å². The number of hydrogen-bond donors (Lipinski definition) is 0. The lowest BCUT2D eigenvalue weighted by molar-refractivity contribution is -0.139. The van der Waals surface area contributed by atoms with E-state index >= 15 is 0 Å². The first kappa shape index (κ1) is 24.0. The first-order valence-electron chi connectivity index (χ1n) is 12.4. The van der Waals surface area contributed by atoms with E-state index in [9.17, 15) is 19.2 Å². The van der Waals surface area contributed by atoms with Crippen molar-refractivity contribution >= 4 is 35.1 Å². The van der Waals surface area contributed by atoms with Gasteiger partial charge in [-0.25, -0.2) is 4.90 Å². The summed E-state index contributed by atoms with van der Waals surface area (Å²) in [6.45, 7) is 4.15. The summed E-state index contributed by atoms with van der Waals surface area (Å²) in [4.78, 5) is 54.4. The van der Waals surface area contributed by atoms with Crippen molar-refractivity contribution in [3.63, 3.8) is 0 Å². The first-order valence-corrected chi connectivity index (χ1v) is 12.4. The molecule has 0 aromatic heterocycles. The molecule has 2 aromatic rings. The van der Waals surface area contributed by atoms with Crippen LogP contribution in [0.15, 0.2) is 42.5 Å². The van der Waals surface area contributed by atoms with Gasteiger partial charge in [0.1, 0.15) is 11.5 Å².